The number of ether oxygens (including phenoxy) is 5. The highest BCUT2D eigenvalue weighted by atomic mass is 32.2. The Balaban J connectivity index is 2.43. The molecule has 0 fully saturated rings. The van der Waals surface area contributed by atoms with Crippen LogP contribution in [-0.4, -0.2) is 74.5 Å². The van der Waals surface area contributed by atoms with Crippen LogP contribution in [-0.2, 0) is 42.8 Å². The highest BCUT2D eigenvalue weighted by Gasteiger charge is 2.19. The summed E-state index contributed by atoms with van der Waals surface area (Å²) < 4.78 is 55.9. The van der Waals surface area contributed by atoms with Gasteiger partial charge in [0.05, 0.1) is 38.4 Å². The summed E-state index contributed by atoms with van der Waals surface area (Å²) in [6, 6.07) is 6.41. The first-order valence-corrected chi connectivity index (χ1v) is 11.6. The van der Waals surface area contributed by atoms with Crippen LogP contribution >= 0.6 is 0 Å². The third-order valence-electron chi connectivity index (χ3n) is 4.24. The van der Waals surface area contributed by atoms with Gasteiger partial charge in [0, 0.05) is 20.1 Å². The maximum atomic E-state index is 12.4. The summed E-state index contributed by atoms with van der Waals surface area (Å²) in [5.74, 6) is -0.227. The summed E-state index contributed by atoms with van der Waals surface area (Å²) in [4.78, 5) is 11.2. The lowest BCUT2D eigenvalue weighted by molar-refractivity contribution is -0.140. The normalized spacial score (nSPS) is 12.6. The van der Waals surface area contributed by atoms with E-state index in [0.717, 1.165) is 24.8 Å². The fraction of sp³-hybridized carbons (Fsp3) is 0.667. The topological polar surface area (TPSA) is 107 Å². The van der Waals surface area contributed by atoms with Gasteiger partial charge in [0.15, 0.2) is 0 Å². The maximum absolute atomic E-state index is 12.4. The summed E-state index contributed by atoms with van der Waals surface area (Å²) in [6.07, 6.45) is 2.06. The van der Waals surface area contributed by atoms with E-state index in [1.54, 1.807) is 19.2 Å². The zero-order valence-corrected chi connectivity index (χ0v) is 19.4. The molecule has 1 aromatic carbocycles. The van der Waals surface area contributed by atoms with Gasteiger partial charge in [0.1, 0.15) is 12.9 Å². The molecular weight excluding hydrogens is 428 g/mol. The minimum atomic E-state index is -3.90. The van der Waals surface area contributed by atoms with Crippen LogP contribution in [0.4, 0.5) is 0 Å². The highest BCUT2D eigenvalue weighted by molar-refractivity contribution is 7.86. The van der Waals surface area contributed by atoms with Gasteiger partial charge in [-0.3, -0.25) is 8.98 Å². The predicted octanol–water partition coefficient (Wildman–Crippen LogP) is 2.46. The Morgan fingerprint density at radius 2 is 1.68 bits per heavy atom. The zero-order chi connectivity index (χ0) is 23.0. The Hall–Kier alpha value is -1.56. The number of aryl methyl sites for hydroxylation is 1. The molecule has 0 saturated carbocycles. The van der Waals surface area contributed by atoms with Crippen LogP contribution < -0.4 is 0 Å². The van der Waals surface area contributed by atoms with Gasteiger partial charge in [-0.1, -0.05) is 24.1 Å². The lowest BCUT2D eigenvalue weighted by Crippen LogP contribution is -2.29. The van der Waals surface area contributed by atoms with Crippen molar-refractivity contribution >= 4 is 16.1 Å². The molecule has 0 spiro atoms. The van der Waals surface area contributed by atoms with Crippen molar-refractivity contribution < 1.29 is 41.1 Å². The van der Waals surface area contributed by atoms with Crippen LogP contribution in [0.2, 0.25) is 0 Å². The molecule has 1 aromatic rings. The minimum absolute atomic E-state index is 0.0372. The van der Waals surface area contributed by atoms with Gasteiger partial charge in [-0.25, -0.2) is 0 Å². The average Bonchev–Trinajstić information content (AvgIpc) is 2.76. The Labute approximate surface area is 185 Å². The largest absolute Gasteiger partial charge is 0.469 e. The van der Waals surface area contributed by atoms with Crippen LogP contribution in [0.25, 0.3) is 0 Å². The van der Waals surface area contributed by atoms with E-state index in [1.165, 1.54) is 19.2 Å². The standard InChI is InChI=1S/C21H34O9S/c1-18-8-10-20(11-9-18)31(23,24)30-16-19(29-17-28-14-13-25-2)15-27-12-6-4-5-7-21(22)26-3/h8-11,19H,4-7,12-17H2,1-3H3/t19-/m1/s1. The van der Waals surface area contributed by atoms with Gasteiger partial charge in [0.2, 0.25) is 0 Å². The highest BCUT2D eigenvalue weighted by Crippen LogP contribution is 2.14. The number of unbranched alkanes of at least 4 members (excludes halogenated alkanes) is 2. The molecule has 0 aliphatic carbocycles. The molecule has 1 atom stereocenters. The zero-order valence-electron chi connectivity index (χ0n) is 18.5. The molecule has 0 aliphatic rings. The number of esters is 1. The summed E-state index contributed by atoms with van der Waals surface area (Å²) in [6.45, 7) is 3.01. The molecule has 178 valence electrons. The van der Waals surface area contributed by atoms with Gasteiger partial charge < -0.3 is 23.7 Å². The molecule has 0 radical (unpaired) electrons. The lowest BCUT2D eigenvalue weighted by atomic mass is 10.2. The molecule has 0 bridgehead atoms. The van der Waals surface area contributed by atoms with E-state index in [2.05, 4.69) is 4.74 Å². The van der Waals surface area contributed by atoms with E-state index in [4.69, 9.17) is 23.1 Å². The van der Waals surface area contributed by atoms with E-state index in [1.807, 2.05) is 6.92 Å². The number of carbonyl (C=O) groups excluding carboxylic acids is 1. The molecule has 31 heavy (non-hydrogen) atoms. The number of benzene rings is 1. The number of hydrogen-bond donors (Lipinski definition) is 0. The second-order valence-electron chi connectivity index (χ2n) is 6.82. The van der Waals surface area contributed by atoms with Crippen molar-refractivity contribution in [2.45, 2.75) is 43.6 Å². The van der Waals surface area contributed by atoms with E-state index in [-0.39, 0.29) is 30.9 Å². The van der Waals surface area contributed by atoms with Gasteiger partial charge in [-0.15, -0.1) is 0 Å². The first-order valence-electron chi connectivity index (χ1n) is 10.2. The van der Waals surface area contributed by atoms with Gasteiger partial charge >= 0.3 is 5.97 Å². The smallest absolute Gasteiger partial charge is 0.305 e. The van der Waals surface area contributed by atoms with Crippen LogP contribution in [0.15, 0.2) is 29.2 Å². The molecule has 0 aromatic heterocycles. The van der Waals surface area contributed by atoms with E-state index < -0.39 is 16.2 Å². The molecule has 0 heterocycles. The van der Waals surface area contributed by atoms with E-state index >= 15 is 0 Å². The number of hydrogen-bond acceptors (Lipinski definition) is 9. The monoisotopic (exact) mass is 462 g/mol. The third kappa shape index (κ3) is 12.8. The third-order valence-corrected chi connectivity index (χ3v) is 5.53. The quantitative estimate of drug-likeness (QED) is 0.141. The molecule has 0 amide bonds. The van der Waals surface area contributed by atoms with E-state index in [0.29, 0.717) is 26.2 Å². The first kappa shape index (κ1) is 27.5. The van der Waals surface area contributed by atoms with Gasteiger partial charge in [-0.05, 0) is 31.9 Å². The predicted molar refractivity (Wildman–Crippen MR) is 113 cm³/mol. The number of rotatable bonds is 18. The molecule has 9 nitrogen and oxygen atoms in total. The molecule has 0 saturated heterocycles. The Morgan fingerprint density at radius 1 is 0.935 bits per heavy atom. The van der Waals surface area contributed by atoms with E-state index in [9.17, 15) is 13.2 Å². The minimum Gasteiger partial charge on any atom is -0.469 e. The van der Waals surface area contributed by atoms with Crippen molar-refractivity contribution in [3.8, 4) is 0 Å². The lowest BCUT2D eigenvalue weighted by Gasteiger charge is -2.18. The fourth-order valence-electron chi connectivity index (χ4n) is 2.40. The SMILES string of the molecule is COCCOCO[C@H](COCCCCCC(=O)OC)COS(=O)(=O)c1ccc(C)cc1. The Kier molecular flexibility index (Phi) is 14.3. The summed E-state index contributed by atoms with van der Waals surface area (Å²) >= 11 is 0. The van der Waals surface area contributed by atoms with Crippen LogP contribution in [0.5, 0.6) is 0 Å². The summed E-state index contributed by atoms with van der Waals surface area (Å²) in [5, 5.41) is 0. The van der Waals surface area contributed by atoms with Crippen molar-refractivity contribution in [1.29, 1.82) is 0 Å². The number of methoxy groups -OCH3 is 2. The molecular formula is C21H34O9S. The molecule has 1 rings (SSSR count). The van der Waals surface area contributed by atoms with Crippen molar-refractivity contribution in [2.75, 3.05) is 54.0 Å². The Bertz CT molecular complexity index is 704. The van der Waals surface area contributed by atoms with Crippen LogP contribution in [0.3, 0.4) is 0 Å². The van der Waals surface area contributed by atoms with Crippen LogP contribution in [0, 0.1) is 6.92 Å². The van der Waals surface area contributed by atoms with Gasteiger partial charge in [0.25, 0.3) is 10.1 Å². The fourth-order valence-corrected chi connectivity index (χ4v) is 3.33. The maximum Gasteiger partial charge on any atom is 0.305 e. The second kappa shape index (κ2) is 16.1. The number of carbonyl (C=O) groups is 1. The molecule has 0 unspecified atom stereocenters. The van der Waals surface area contributed by atoms with Gasteiger partial charge in [-0.2, -0.15) is 8.42 Å². The summed E-state index contributed by atoms with van der Waals surface area (Å²) in [7, 11) is -0.973. The van der Waals surface area contributed by atoms with Crippen molar-refractivity contribution in [3.05, 3.63) is 29.8 Å². The average molecular weight is 463 g/mol. The van der Waals surface area contributed by atoms with Crippen LogP contribution in [0.1, 0.15) is 31.2 Å². The molecule has 0 aliphatic heterocycles. The van der Waals surface area contributed by atoms with Crippen molar-refractivity contribution in [2.24, 2.45) is 0 Å². The Morgan fingerprint density at radius 3 is 2.35 bits per heavy atom. The van der Waals surface area contributed by atoms with Crippen molar-refractivity contribution in [3.63, 3.8) is 0 Å². The van der Waals surface area contributed by atoms with Crippen molar-refractivity contribution in [1.82, 2.24) is 0 Å². The first-order chi connectivity index (χ1) is 14.9. The summed E-state index contributed by atoms with van der Waals surface area (Å²) in [5.41, 5.74) is 0.952. The molecule has 0 N–H and O–H groups in total. The molecule has 10 heteroatoms. The second-order valence-corrected chi connectivity index (χ2v) is 8.44.